The van der Waals surface area contributed by atoms with E-state index in [-0.39, 0.29) is 0 Å². The summed E-state index contributed by atoms with van der Waals surface area (Å²) in [6.45, 7) is 0. The van der Waals surface area contributed by atoms with Crippen LogP contribution in [0.4, 0.5) is 0 Å². The molecular formula is C46H30O. The summed E-state index contributed by atoms with van der Waals surface area (Å²) in [5.41, 5.74) is 12.1. The normalized spacial score (nSPS) is 12.9. The van der Waals surface area contributed by atoms with Crippen molar-refractivity contribution < 1.29 is 4.42 Å². The van der Waals surface area contributed by atoms with Gasteiger partial charge in [0, 0.05) is 10.8 Å². The van der Waals surface area contributed by atoms with E-state index in [0.717, 1.165) is 24.0 Å². The summed E-state index contributed by atoms with van der Waals surface area (Å²) >= 11 is 0. The van der Waals surface area contributed by atoms with Gasteiger partial charge in [-0.3, -0.25) is 0 Å². The monoisotopic (exact) mass is 598 g/mol. The number of hydrogen-bond donors (Lipinski definition) is 0. The van der Waals surface area contributed by atoms with E-state index >= 15 is 0 Å². The molecule has 0 spiro atoms. The van der Waals surface area contributed by atoms with Gasteiger partial charge in [0.05, 0.1) is 0 Å². The van der Waals surface area contributed by atoms with Gasteiger partial charge in [-0.15, -0.1) is 0 Å². The molecule has 9 aromatic rings. The highest BCUT2D eigenvalue weighted by Gasteiger charge is 2.20. The standard InChI is InChI=1S/C46H30O/c1-3-13-34-29(10-1)12-9-19-35(34)31-20-22-32(23-21-31)44-37-15-5-7-17-39(37)45(40-18-8-6-16-38(40)44)33-25-26-42-41(28-33)46-36-14-4-2-11-30(36)24-27-43(46)47-42/h1-3,5-13,15-28H,4,14H2. The van der Waals surface area contributed by atoms with E-state index in [2.05, 4.69) is 158 Å². The zero-order valence-electron chi connectivity index (χ0n) is 25.8. The van der Waals surface area contributed by atoms with Crippen molar-refractivity contribution in [1.29, 1.82) is 0 Å². The molecule has 47 heavy (non-hydrogen) atoms. The molecule has 0 saturated heterocycles. The van der Waals surface area contributed by atoms with Gasteiger partial charge in [0.25, 0.3) is 0 Å². The van der Waals surface area contributed by atoms with Crippen molar-refractivity contribution in [2.24, 2.45) is 0 Å². The van der Waals surface area contributed by atoms with Gasteiger partial charge >= 0.3 is 0 Å². The van der Waals surface area contributed by atoms with Crippen molar-refractivity contribution in [2.75, 3.05) is 0 Å². The van der Waals surface area contributed by atoms with Crippen LogP contribution in [0.5, 0.6) is 0 Å². The molecule has 0 amide bonds. The van der Waals surface area contributed by atoms with Crippen molar-refractivity contribution in [3.63, 3.8) is 0 Å². The molecule has 0 fully saturated rings. The Labute approximate surface area is 273 Å². The molecule has 0 atom stereocenters. The number of benzene rings is 8. The van der Waals surface area contributed by atoms with Crippen LogP contribution in [0.2, 0.25) is 0 Å². The Hall–Kier alpha value is -5.92. The first kappa shape index (κ1) is 26.3. The van der Waals surface area contributed by atoms with Gasteiger partial charge in [0.2, 0.25) is 0 Å². The van der Waals surface area contributed by atoms with Crippen molar-refractivity contribution in [1.82, 2.24) is 0 Å². The lowest BCUT2D eigenvalue weighted by Gasteiger charge is -2.18. The fraction of sp³-hybridized carbons (Fsp3) is 0.0435. The van der Waals surface area contributed by atoms with Crippen LogP contribution < -0.4 is 0 Å². The summed E-state index contributed by atoms with van der Waals surface area (Å²) < 4.78 is 6.40. The van der Waals surface area contributed by atoms with Crippen LogP contribution in [-0.4, -0.2) is 0 Å². The maximum atomic E-state index is 6.40. The minimum absolute atomic E-state index is 0.947. The predicted octanol–water partition coefficient (Wildman–Crippen LogP) is 13.0. The van der Waals surface area contributed by atoms with Crippen LogP contribution in [0.3, 0.4) is 0 Å². The largest absolute Gasteiger partial charge is 0.456 e. The van der Waals surface area contributed by atoms with Crippen LogP contribution in [-0.2, 0) is 6.42 Å². The first-order valence-electron chi connectivity index (χ1n) is 16.5. The van der Waals surface area contributed by atoms with Crippen molar-refractivity contribution >= 4 is 60.3 Å². The molecule has 1 heterocycles. The Bertz CT molecular complexity index is 2660. The minimum atomic E-state index is 0.947. The molecule has 1 aliphatic rings. The van der Waals surface area contributed by atoms with Gasteiger partial charge in [-0.2, -0.15) is 0 Å². The average Bonchev–Trinajstić information content (AvgIpc) is 3.52. The summed E-state index contributed by atoms with van der Waals surface area (Å²) in [5.74, 6) is 0. The first-order chi connectivity index (χ1) is 23.3. The maximum absolute atomic E-state index is 6.40. The van der Waals surface area contributed by atoms with Crippen LogP contribution in [0, 0.1) is 0 Å². The zero-order valence-corrected chi connectivity index (χ0v) is 25.8. The Morgan fingerprint density at radius 3 is 1.79 bits per heavy atom. The molecule has 220 valence electrons. The number of allylic oxidation sites excluding steroid dienone is 1. The van der Waals surface area contributed by atoms with Gasteiger partial charge in [0.15, 0.2) is 0 Å². The van der Waals surface area contributed by atoms with E-state index in [1.807, 2.05) is 0 Å². The van der Waals surface area contributed by atoms with Crippen molar-refractivity contribution in [3.05, 3.63) is 163 Å². The van der Waals surface area contributed by atoms with E-state index in [9.17, 15) is 0 Å². The van der Waals surface area contributed by atoms with E-state index in [4.69, 9.17) is 4.42 Å². The fourth-order valence-corrected chi connectivity index (χ4v) is 8.02. The molecule has 1 aromatic heterocycles. The average molecular weight is 599 g/mol. The lowest BCUT2D eigenvalue weighted by atomic mass is 9.85. The van der Waals surface area contributed by atoms with E-state index in [1.165, 1.54) is 87.6 Å². The molecule has 0 N–H and O–H groups in total. The summed E-state index contributed by atoms with van der Waals surface area (Å²) in [6.07, 6.45) is 6.65. The highest BCUT2D eigenvalue weighted by molar-refractivity contribution is 6.22. The highest BCUT2D eigenvalue weighted by atomic mass is 16.3. The molecule has 0 unspecified atom stereocenters. The Morgan fingerprint density at radius 1 is 0.447 bits per heavy atom. The highest BCUT2D eigenvalue weighted by Crippen LogP contribution is 2.45. The second-order valence-electron chi connectivity index (χ2n) is 12.7. The van der Waals surface area contributed by atoms with Crippen molar-refractivity contribution in [3.8, 4) is 33.4 Å². The Kier molecular flexibility index (Phi) is 5.77. The topological polar surface area (TPSA) is 13.1 Å². The minimum Gasteiger partial charge on any atom is -0.456 e. The second-order valence-corrected chi connectivity index (χ2v) is 12.7. The maximum Gasteiger partial charge on any atom is 0.135 e. The molecule has 10 rings (SSSR count). The van der Waals surface area contributed by atoms with Gasteiger partial charge in [-0.1, -0.05) is 140 Å². The van der Waals surface area contributed by atoms with Crippen LogP contribution >= 0.6 is 0 Å². The molecule has 0 aliphatic heterocycles. The van der Waals surface area contributed by atoms with Gasteiger partial charge in [-0.05, 0) is 108 Å². The van der Waals surface area contributed by atoms with Crippen LogP contribution in [0.25, 0.3) is 93.7 Å². The molecular weight excluding hydrogens is 569 g/mol. The summed E-state index contributed by atoms with van der Waals surface area (Å²) in [7, 11) is 0. The number of rotatable bonds is 3. The quantitative estimate of drug-likeness (QED) is 0.184. The number of fused-ring (bicyclic) bond motifs is 8. The smallest absolute Gasteiger partial charge is 0.135 e. The van der Waals surface area contributed by atoms with Gasteiger partial charge in [0.1, 0.15) is 11.2 Å². The zero-order chi connectivity index (χ0) is 30.9. The van der Waals surface area contributed by atoms with E-state index in [0.29, 0.717) is 0 Å². The molecule has 8 aromatic carbocycles. The van der Waals surface area contributed by atoms with E-state index in [1.54, 1.807) is 0 Å². The summed E-state index contributed by atoms with van der Waals surface area (Å²) in [4.78, 5) is 0. The molecule has 0 bridgehead atoms. The lowest BCUT2D eigenvalue weighted by Crippen LogP contribution is -1.94. The van der Waals surface area contributed by atoms with Gasteiger partial charge in [-0.25, -0.2) is 0 Å². The number of aryl methyl sites for hydroxylation is 1. The third-order valence-corrected chi connectivity index (χ3v) is 10.1. The summed E-state index contributed by atoms with van der Waals surface area (Å²) in [6, 6.07) is 53.3. The lowest BCUT2D eigenvalue weighted by molar-refractivity contribution is 0.668. The second kappa shape index (κ2) is 10.3. The van der Waals surface area contributed by atoms with Crippen molar-refractivity contribution in [2.45, 2.75) is 12.8 Å². The van der Waals surface area contributed by atoms with E-state index < -0.39 is 0 Å². The third-order valence-electron chi connectivity index (χ3n) is 10.1. The molecule has 1 heteroatoms. The predicted molar refractivity (Wildman–Crippen MR) is 200 cm³/mol. The third kappa shape index (κ3) is 4.03. The summed E-state index contributed by atoms with van der Waals surface area (Å²) in [5, 5.41) is 10.1. The Morgan fingerprint density at radius 2 is 1.04 bits per heavy atom. The molecule has 1 nitrogen and oxygen atoms in total. The number of furan rings is 1. The molecule has 1 aliphatic carbocycles. The molecule has 0 radical (unpaired) electrons. The van der Waals surface area contributed by atoms with Crippen LogP contribution in [0.1, 0.15) is 17.5 Å². The molecule has 0 saturated carbocycles. The van der Waals surface area contributed by atoms with Gasteiger partial charge < -0.3 is 4.42 Å². The number of hydrogen-bond acceptors (Lipinski definition) is 1. The fourth-order valence-electron chi connectivity index (χ4n) is 8.02. The Balaban J connectivity index is 1.19. The first-order valence-corrected chi connectivity index (χ1v) is 16.5. The SMILES string of the molecule is C1=Cc2ccc3oc4ccc(-c5c6ccccc6c(-c6ccc(-c7cccc8ccccc78)cc6)c6ccccc56)cc4c3c2CC1. The van der Waals surface area contributed by atoms with Crippen LogP contribution in [0.15, 0.2) is 156 Å².